The fourth-order valence-corrected chi connectivity index (χ4v) is 3.98. The third kappa shape index (κ3) is 4.38. The van der Waals surface area contributed by atoms with E-state index in [0.717, 1.165) is 31.1 Å². The van der Waals surface area contributed by atoms with Crippen molar-refractivity contribution in [3.63, 3.8) is 0 Å². The molecule has 0 aromatic heterocycles. The van der Waals surface area contributed by atoms with Crippen molar-refractivity contribution in [3.05, 3.63) is 24.3 Å². The number of nitrogens with zero attached hydrogens (tertiary/aromatic N) is 1. The molecule has 19 heavy (non-hydrogen) atoms. The average Bonchev–Trinajstić information content (AvgIpc) is 2.40. The first-order valence-electron chi connectivity index (χ1n) is 6.23. The number of sulfonamides is 1. The molecular weight excluding hydrogens is 282 g/mol. The van der Waals surface area contributed by atoms with Gasteiger partial charge in [0.2, 0.25) is 10.0 Å². The number of thioether (sulfide) groups is 1. The van der Waals surface area contributed by atoms with Crippen molar-refractivity contribution in [2.45, 2.75) is 4.90 Å². The van der Waals surface area contributed by atoms with Crippen LogP contribution in [0.25, 0.3) is 0 Å². The van der Waals surface area contributed by atoms with E-state index < -0.39 is 10.0 Å². The van der Waals surface area contributed by atoms with E-state index in [1.165, 1.54) is 6.07 Å². The summed E-state index contributed by atoms with van der Waals surface area (Å²) in [5.41, 5.74) is 6.05. The van der Waals surface area contributed by atoms with Gasteiger partial charge in [-0.2, -0.15) is 11.8 Å². The average molecular weight is 301 g/mol. The zero-order valence-corrected chi connectivity index (χ0v) is 12.3. The molecule has 2 rings (SSSR count). The van der Waals surface area contributed by atoms with Gasteiger partial charge in [-0.1, -0.05) is 6.07 Å². The number of hydrogen-bond donors (Lipinski definition) is 2. The Morgan fingerprint density at radius 1 is 1.32 bits per heavy atom. The van der Waals surface area contributed by atoms with Crippen molar-refractivity contribution in [3.8, 4) is 0 Å². The van der Waals surface area contributed by atoms with Crippen LogP contribution >= 0.6 is 11.8 Å². The summed E-state index contributed by atoms with van der Waals surface area (Å²) in [7, 11) is -3.45. The van der Waals surface area contributed by atoms with E-state index in [1.54, 1.807) is 18.2 Å². The second-order valence-electron chi connectivity index (χ2n) is 4.42. The highest BCUT2D eigenvalue weighted by Crippen LogP contribution is 2.12. The van der Waals surface area contributed by atoms with Crippen molar-refractivity contribution < 1.29 is 8.42 Å². The molecule has 0 bridgehead atoms. The van der Waals surface area contributed by atoms with Gasteiger partial charge in [0.1, 0.15) is 0 Å². The molecule has 0 atom stereocenters. The summed E-state index contributed by atoms with van der Waals surface area (Å²) in [6.07, 6.45) is 0. The van der Waals surface area contributed by atoms with Gasteiger partial charge in [0.25, 0.3) is 0 Å². The van der Waals surface area contributed by atoms with Crippen LogP contribution in [0.4, 0.5) is 5.69 Å². The number of nitrogen functional groups attached to an aromatic ring is 1. The van der Waals surface area contributed by atoms with Crippen molar-refractivity contribution >= 4 is 27.5 Å². The van der Waals surface area contributed by atoms with E-state index in [2.05, 4.69) is 9.62 Å². The third-order valence-corrected chi connectivity index (χ3v) is 5.39. The number of hydrogen-bond acceptors (Lipinski definition) is 5. The molecule has 7 heteroatoms. The molecule has 1 heterocycles. The summed E-state index contributed by atoms with van der Waals surface area (Å²) in [5.74, 6) is 2.25. The number of nitrogens with one attached hydrogen (secondary N) is 1. The topological polar surface area (TPSA) is 75.4 Å². The maximum absolute atomic E-state index is 12.0. The first kappa shape index (κ1) is 14.6. The molecule has 1 aliphatic rings. The molecule has 1 aliphatic heterocycles. The van der Waals surface area contributed by atoms with Crippen molar-refractivity contribution in [1.82, 2.24) is 9.62 Å². The van der Waals surface area contributed by atoms with Gasteiger partial charge in [-0.25, -0.2) is 13.1 Å². The van der Waals surface area contributed by atoms with Gasteiger partial charge in [-0.05, 0) is 18.2 Å². The second kappa shape index (κ2) is 6.60. The lowest BCUT2D eigenvalue weighted by atomic mass is 10.3. The van der Waals surface area contributed by atoms with Crippen LogP contribution in [0.1, 0.15) is 0 Å². The fraction of sp³-hybridized carbons (Fsp3) is 0.500. The zero-order chi connectivity index (χ0) is 13.7. The maximum Gasteiger partial charge on any atom is 0.240 e. The lowest BCUT2D eigenvalue weighted by Gasteiger charge is -2.25. The van der Waals surface area contributed by atoms with E-state index >= 15 is 0 Å². The lowest BCUT2D eigenvalue weighted by molar-refractivity contribution is 0.307. The van der Waals surface area contributed by atoms with Crippen LogP contribution in [-0.2, 0) is 10.0 Å². The predicted octanol–water partition coefficient (Wildman–Crippen LogP) is 0.596. The number of rotatable bonds is 5. The summed E-state index contributed by atoms with van der Waals surface area (Å²) < 4.78 is 26.7. The molecule has 3 N–H and O–H groups in total. The van der Waals surface area contributed by atoms with Crippen LogP contribution in [0.2, 0.25) is 0 Å². The Bertz CT molecular complexity index is 513. The fourth-order valence-electron chi connectivity index (χ4n) is 1.93. The molecule has 0 spiro atoms. The van der Waals surface area contributed by atoms with Crippen LogP contribution < -0.4 is 10.5 Å². The monoisotopic (exact) mass is 301 g/mol. The minimum Gasteiger partial charge on any atom is -0.399 e. The molecule has 0 aliphatic carbocycles. The molecule has 5 nitrogen and oxygen atoms in total. The van der Waals surface area contributed by atoms with E-state index in [9.17, 15) is 8.42 Å². The number of benzene rings is 1. The van der Waals surface area contributed by atoms with Gasteiger partial charge >= 0.3 is 0 Å². The quantitative estimate of drug-likeness (QED) is 0.779. The van der Waals surface area contributed by atoms with Gasteiger partial charge in [-0.3, -0.25) is 0 Å². The molecule has 0 radical (unpaired) electrons. The van der Waals surface area contributed by atoms with Crippen LogP contribution in [-0.4, -0.2) is 51.0 Å². The van der Waals surface area contributed by atoms with E-state index in [-0.39, 0.29) is 4.90 Å². The van der Waals surface area contributed by atoms with Crippen molar-refractivity contribution in [1.29, 1.82) is 0 Å². The molecule has 1 aromatic carbocycles. The van der Waals surface area contributed by atoms with E-state index in [4.69, 9.17) is 5.73 Å². The summed E-state index contributed by atoms with van der Waals surface area (Å²) in [4.78, 5) is 2.50. The molecule has 1 saturated heterocycles. The van der Waals surface area contributed by atoms with Gasteiger partial charge in [0.05, 0.1) is 4.90 Å². The van der Waals surface area contributed by atoms with Crippen LogP contribution in [0.3, 0.4) is 0 Å². The highest BCUT2D eigenvalue weighted by molar-refractivity contribution is 7.99. The summed E-state index contributed by atoms with van der Waals surface area (Å²) in [5, 5.41) is 0. The first-order chi connectivity index (χ1) is 9.08. The Morgan fingerprint density at radius 2 is 2.05 bits per heavy atom. The van der Waals surface area contributed by atoms with Crippen LogP contribution in [0, 0.1) is 0 Å². The van der Waals surface area contributed by atoms with Crippen molar-refractivity contribution in [2.24, 2.45) is 0 Å². The Morgan fingerprint density at radius 3 is 2.74 bits per heavy atom. The minimum atomic E-state index is -3.45. The van der Waals surface area contributed by atoms with E-state index in [0.29, 0.717) is 12.2 Å². The number of nitrogens with two attached hydrogens (primary N) is 1. The maximum atomic E-state index is 12.0. The summed E-state index contributed by atoms with van der Waals surface area (Å²) >= 11 is 1.94. The van der Waals surface area contributed by atoms with Crippen LogP contribution in [0.15, 0.2) is 29.2 Å². The largest absolute Gasteiger partial charge is 0.399 e. The first-order valence-corrected chi connectivity index (χ1v) is 8.87. The predicted molar refractivity (Wildman–Crippen MR) is 79.8 cm³/mol. The van der Waals surface area contributed by atoms with Gasteiger partial charge in [-0.15, -0.1) is 0 Å². The van der Waals surface area contributed by atoms with Crippen LogP contribution in [0.5, 0.6) is 0 Å². The smallest absolute Gasteiger partial charge is 0.240 e. The standard InChI is InChI=1S/C12H19N3O2S2/c13-11-2-1-3-12(10-11)19(16,17)14-4-5-15-6-8-18-9-7-15/h1-3,10,14H,4-9,13H2. The van der Waals surface area contributed by atoms with E-state index in [1.807, 2.05) is 11.8 Å². The van der Waals surface area contributed by atoms with Gasteiger partial charge in [0.15, 0.2) is 0 Å². The third-order valence-electron chi connectivity index (χ3n) is 2.99. The SMILES string of the molecule is Nc1cccc(S(=O)(=O)NCCN2CCSCC2)c1. The van der Waals surface area contributed by atoms with Crippen molar-refractivity contribution in [2.75, 3.05) is 43.4 Å². The Kier molecular flexibility index (Phi) is 5.09. The Balaban J connectivity index is 1.87. The molecular formula is C12H19N3O2S2. The normalized spacial score (nSPS) is 17.5. The van der Waals surface area contributed by atoms with Gasteiger partial charge in [0, 0.05) is 43.4 Å². The highest BCUT2D eigenvalue weighted by atomic mass is 32.2. The minimum absolute atomic E-state index is 0.224. The molecule has 0 unspecified atom stereocenters. The molecule has 1 fully saturated rings. The molecule has 106 valence electrons. The molecule has 0 amide bonds. The summed E-state index contributed by atoms with van der Waals surface area (Å²) in [6.45, 7) is 3.25. The Labute approximate surface area is 118 Å². The lowest BCUT2D eigenvalue weighted by Crippen LogP contribution is -2.39. The number of anilines is 1. The molecule has 1 aromatic rings. The molecule has 0 saturated carbocycles. The zero-order valence-electron chi connectivity index (χ0n) is 10.7. The summed E-state index contributed by atoms with van der Waals surface area (Å²) in [6, 6.07) is 6.34. The Hall–Kier alpha value is -0.760. The highest BCUT2D eigenvalue weighted by Gasteiger charge is 2.15. The van der Waals surface area contributed by atoms with Gasteiger partial charge < -0.3 is 10.6 Å². The second-order valence-corrected chi connectivity index (χ2v) is 7.42.